The maximum absolute atomic E-state index is 9.57. The Morgan fingerprint density at radius 1 is 0.724 bits per heavy atom. The summed E-state index contributed by atoms with van der Waals surface area (Å²) in [6.45, 7) is 0.538. The van der Waals surface area contributed by atoms with Crippen molar-refractivity contribution in [3.05, 3.63) is 119 Å². The van der Waals surface area contributed by atoms with E-state index in [0.29, 0.717) is 12.4 Å². The summed E-state index contributed by atoms with van der Waals surface area (Å²) < 4.78 is 0. The van der Waals surface area contributed by atoms with Crippen molar-refractivity contribution >= 4 is 11.4 Å². The third kappa shape index (κ3) is 3.60. The fourth-order valence-electron chi connectivity index (χ4n) is 3.45. The normalized spacial score (nSPS) is 12.9. The van der Waals surface area contributed by atoms with Gasteiger partial charge in [-0.3, -0.25) is 0 Å². The van der Waals surface area contributed by atoms with Gasteiger partial charge >= 0.3 is 0 Å². The van der Waals surface area contributed by atoms with Crippen LogP contribution in [0.4, 0.5) is 0 Å². The molecule has 3 aromatic carbocycles. The minimum Gasteiger partial charge on any atom is -0.338 e. The van der Waals surface area contributed by atoms with Crippen molar-refractivity contribution in [3.8, 4) is 12.1 Å². The standard InChI is InChI=1S/C25H18N4/c26-16-22(17-27)25-28-23(20-12-6-2-7-13-20)24(21-14-8-3-9-15-21)29(25)18-19-10-4-1-5-11-19/h1-15,28H,18H2. The zero-order valence-electron chi connectivity index (χ0n) is 15.7. The monoisotopic (exact) mass is 374 g/mol. The summed E-state index contributed by atoms with van der Waals surface area (Å²) >= 11 is 0. The highest BCUT2D eigenvalue weighted by Crippen LogP contribution is 2.38. The van der Waals surface area contributed by atoms with E-state index in [0.717, 1.165) is 28.1 Å². The van der Waals surface area contributed by atoms with Gasteiger partial charge in [0.1, 0.15) is 18.0 Å². The van der Waals surface area contributed by atoms with E-state index in [1.807, 2.05) is 108 Å². The molecule has 1 heterocycles. The Kier molecular flexibility index (Phi) is 5.10. The highest BCUT2D eigenvalue weighted by Gasteiger charge is 2.31. The highest BCUT2D eigenvalue weighted by atomic mass is 15.3. The first-order valence-electron chi connectivity index (χ1n) is 9.30. The van der Waals surface area contributed by atoms with Crippen molar-refractivity contribution < 1.29 is 0 Å². The zero-order valence-corrected chi connectivity index (χ0v) is 15.7. The first-order chi connectivity index (χ1) is 14.3. The Labute approximate surface area is 170 Å². The first kappa shape index (κ1) is 18.1. The minimum atomic E-state index is 0.0558. The molecule has 0 spiro atoms. The summed E-state index contributed by atoms with van der Waals surface area (Å²) in [5.74, 6) is 0.511. The lowest BCUT2D eigenvalue weighted by Crippen LogP contribution is -2.22. The molecule has 0 unspecified atom stereocenters. The summed E-state index contributed by atoms with van der Waals surface area (Å²) in [6, 6.07) is 34.1. The van der Waals surface area contributed by atoms with Crippen LogP contribution < -0.4 is 5.32 Å². The Hall–Kier alpha value is -4.28. The van der Waals surface area contributed by atoms with Crippen LogP contribution in [0.5, 0.6) is 0 Å². The van der Waals surface area contributed by atoms with Gasteiger partial charge in [-0.25, -0.2) is 0 Å². The number of nitrogens with one attached hydrogen (secondary N) is 1. The predicted octanol–water partition coefficient (Wildman–Crippen LogP) is 4.88. The van der Waals surface area contributed by atoms with Crippen LogP contribution in [0.15, 0.2) is 102 Å². The van der Waals surface area contributed by atoms with Gasteiger partial charge in [-0.2, -0.15) is 10.5 Å². The van der Waals surface area contributed by atoms with E-state index >= 15 is 0 Å². The van der Waals surface area contributed by atoms with E-state index in [1.54, 1.807) is 0 Å². The van der Waals surface area contributed by atoms with Gasteiger partial charge in [0.05, 0.1) is 11.4 Å². The molecule has 1 aliphatic rings. The van der Waals surface area contributed by atoms with Gasteiger partial charge in [-0.05, 0) is 5.56 Å². The molecule has 0 aromatic heterocycles. The van der Waals surface area contributed by atoms with Gasteiger partial charge in [0, 0.05) is 17.7 Å². The predicted molar refractivity (Wildman–Crippen MR) is 113 cm³/mol. The number of benzene rings is 3. The number of hydrogen-bond donors (Lipinski definition) is 1. The highest BCUT2D eigenvalue weighted by molar-refractivity contribution is 5.93. The Morgan fingerprint density at radius 3 is 1.79 bits per heavy atom. The van der Waals surface area contributed by atoms with Crippen LogP contribution in [0.3, 0.4) is 0 Å². The molecule has 29 heavy (non-hydrogen) atoms. The molecule has 0 bridgehead atoms. The van der Waals surface area contributed by atoms with Crippen LogP contribution >= 0.6 is 0 Å². The van der Waals surface area contributed by atoms with E-state index in [4.69, 9.17) is 0 Å². The molecule has 138 valence electrons. The second-order valence-electron chi connectivity index (χ2n) is 6.60. The van der Waals surface area contributed by atoms with Crippen LogP contribution in [0.25, 0.3) is 11.4 Å². The summed E-state index contributed by atoms with van der Waals surface area (Å²) in [4.78, 5) is 2.02. The SMILES string of the molecule is N#CC(C#N)=C1NC(c2ccccc2)=C(c2ccccc2)N1Cc1ccccc1. The van der Waals surface area contributed by atoms with Crippen molar-refractivity contribution in [3.63, 3.8) is 0 Å². The Bertz CT molecular complexity index is 1130. The third-order valence-corrected chi connectivity index (χ3v) is 4.77. The molecule has 0 saturated heterocycles. The fourth-order valence-corrected chi connectivity index (χ4v) is 3.45. The Balaban J connectivity index is 1.94. The van der Waals surface area contributed by atoms with E-state index in [2.05, 4.69) is 5.32 Å². The maximum atomic E-state index is 9.57. The second kappa shape index (κ2) is 8.17. The number of rotatable bonds is 4. The van der Waals surface area contributed by atoms with Gasteiger partial charge in [-0.15, -0.1) is 0 Å². The molecule has 1 aliphatic heterocycles. The van der Waals surface area contributed by atoms with Gasteiger partial charge < -0.3 is 10.2 Å². The van der Waals surface area contributed by atoms with Gasteiger partial charge in [-0.1, -0.05) is 91.0 Å². The average molecular weight is 374 g/mol. The number of allylic oxidation sites excluding steroid dienone is 1. The van der Waals surface area contributed by atoms with Crippen LogP contribution in [-0.2, 0) is 6.54 Å². The molecule has 4 nitrogen and oxygen atoms in total. The lowest BCUT2D eigenvalue weighted by Gasteiger charge is -2.23. The summed E-state index contributed by atoms with van der Waals surface area (Å²) in [5.41, 5.74) is 4.98. The molecular weight excluding hydrogens is 356 g/mol. The molecule has 1 N–H and O–H groups in total. The van der Waals surface area contributed by atoms with Gasteiger partial charge in [0.15, 0.2) is 5.57 Å². The van der Waals surface area contributed by atoms with Crippen LogP contribution in [0.1, 0.15) is 16.7 Å². The van der Waals surface area contributed by atoms with Crippen molar-refractivity contribution in [2.45, 2.75) is 6.54 Å². The van der Waals surface area contributed by atoms with E-state index in [9.17, 15) is 10.5 Å². The first-order valence-corrected chi connectivity index (χ1v) is 9.30. The molecule has 0 fully saturated rings. The summed E-state index contributed by atoms with van der Waals surface area (Å²) in [5, 5.41) is 22.5. The van der Waals surface area contributed by atoms with Crippen LogP contribution in [0.2, 0.25) is 0 Å². The smallest absolute Gasteiger partial charge is 0.170 e. The molecule has 0 atom stereocenters. The van der Waals surface area contributed by atoms with Crippen molar-refractivity contribution in [2.75, 3.05) is 0 Å². The lowest BCUT2D eigenvalue weighted by atomic mass is 10.0. The molecule has 0 aliphatic carbocycles. The van der Waals surface area contributed by atoms with Crippen molar-refractivity contribution in [1.82, 2.24) is 10.2 Å². The number of nitrogens with zero attached hydrogens (tertiary/aromatic N) is 3. The largest absolute Gasteiger partial charge is 0.338 e. The molecule has 3 aromatic rings. The Morgan fingerprint density at radius 2 is 1.24 bits per heavy atom. The van der Waals surface area contributed by atoms with E-state index in [1.165, 1.54) is 0 Å². The topological polar surface area (TPSA) is 62.9 Å². The van der Waals surface area contributed by atoms with E-state index < -0.39 is 0 Å². The number of nitriles is 2. The summed E-state index contributed by atoms with van der Waals surface area (Å²) in [6.07, 6.45) is 0. The van der Waals surface area contributed by atoms with Gasteiger partial charge in [0.25, 0.3) is 0 Å². The third-order valence-electron chi connectivity index (χ3n) is 4.77. The summed E-state index contributed by atoms with van der Waals surface area (Å²) in [7, 11) is 0. The number of hydrogen-bond acceptors (Lipinski definition) is 4. The lowest BCUT2D eigenvalue weighted by molar-refractivity contribution is 0.479. The molecule has 0 saturated carbocycles. The van der Waals surface area contributed by atoms with E-state index in [-0.39, 0.29) is 5.57 Å². The molecular formula is C25H18N4. The minimum absolute atomic E-state index is 0.0558. The molecule has 4 heteroatoms. The quantitative estimate of drug-likeness (QED) is 0.661. The molecule has 0 radical (unpaired) electrons. The second-order valence-corrected chi connectivity index (χ2v) is 6.60. The van der Waals surface area contributed by atoms with Crippen LogP contribution in [0, 0.1) is 22.7 Å². The average Bonchev–Trinajstić information content (AvgIpc) is 3.15. The molecule has 0 amide bonds. The maximum Gasteiger partial charge on any atom is 0.170 e. The van der Waals surface area contributed by atoms with Crippen molar-refractivity contribution in [1.29, 1.82) is 10.5 Å². The van der Waals surface area contributed by atoms with Gasteiger partial charge in [0.2, 0.25) is 0 Å². The van der Waals surface area contributed by atoms with Crippen molar-refractivity contribution in [2.24, 2.45) is 0 Å². The van der Waals surface area contributed by atoms with Crippen LogP contribution in [-0.4, -0.2) is 4.90 Å². The fraction of sp³-hybridized carbons (Fsp3) is 0.0400. The molecule has 4 rings (SSSR count). The zero-order chi connectivity index (χ0) is 20.1.